The van der Waals surface area contributed by atoms with Crippen LogP contribution in [0.5, 0.6) is 0 Å². The van der Waals surface area contributed by atoms with Crippen LogP contribution in [0.4, 0.5) is 0 Å². The van der Waals surface area contributed by atoms with Crippen molar-refractivity contribution in [2.75, 3.05) is 0 Å². The zero-order valence-electron chi connectivity index (χ0n) is 10.3. The number of halogens is 1. The van der Waals surface area contributed by atoms with Gasteiger partial charge in [0.25, 0.3) is 0 Å². The highest BCUT2D eigenvalue weighted by Crippen LogP contribution is 2.35. The summed E-state index contributed by atoms with van der Waals surface area (Å²) in [5.74, 6) is 0. The van der Waals surface area contributed by atoms with Gasteiger partial charge in [-0.25, -0.2) is 0 Å². The average Bonchev–Trinajstić information content (AvgIpc) is 2.57. The number of nitrogens with two attached hydrogens (primary N) is 1. The summed E-state index contributed by atoms with van der Waals surface area (Å²) in [5.41, 5.74) is 10.1. The highest BCUT2D eigenvalue weighted by atomic mass is 79.9. The summed E-state index contributed by atoms with van der Waals surface area (Å²) in [6, 6.07) is 8.53. The summed E-state index contributed by atoms with van der Waals surface area (Å²) in [5, 5.41) is 0. The molecule has 0 aliphatic carbocycles. The molecule has 1 heterocycles. The van der Waals surface area contributed by atoms with Gasteiger partial charge in [-0.2, -0.15) is 0 Å². The lowest BCUT2D eigenvalue weighted by atomic mass is 9.99. The molecule has 0 bridgehead atoms. The van der Waals surface area contributed by atoms with Gasteiger partial charge in [0.2, 0.25) is 0 Å². The van der Waals surface area contributed by atoms with Crippen molar-refractivity contribution >= 4 is 27.3 Å². The molecule has 1 aromatic heterocycles. The van der Waals surface area contributed by atoms with Crippen molar-refractivity contribution in [2.45, 2.75) is 26.8 Å². The first-order valence-corrected chi connectivity index (χ1v) is 7.18. The summed E-state index contributed by atoms with van der Waals surface area (Å²) in [6.45, 7) is 6.33. The molecular formula is C14H16BrNS. The third-order valence-corrected chi connectivity index (χ3v) is 4.93. The van der Waals surface area contributed by atoms with Crippen LogP contribution in [0.2, 0.25) is 0 Å². The van der Waals surface area contributed by atoms with Crippen LogP contribution in [0.3, 0.4) is 0 Å². The maximum Gasteiger partial charge on any atom is 0.0660 e. The average molecular weight is 310 g/mol. The molecule has 0 amide bonds. The topological polar surface area (TPSA) is 26.0 Å². The fourth-order valence-electron chi connectivity index (χ4n) is 2.03. The first-order valence-electron chi connectivity index (χ1n) is 5.57. The minimum atomic E-state index is -0.0383. The molecule has 2 N–H and O–H groups in total. The Balaban J connectivity index is 2.43. The van der Waals surface area contributed by atoms with Gasteiger partial charge in [0.05, 0.1) is 6.04 Å². The maximum atomic E-state index is 6.36. The van der Waals surface area contributed by atoms with Gasteiger partial charge in [-0.3, -0.25) is 0 Å². The third kappa shape index (κ3) is 2.62. The molecule has 2 rings (SSSR count). The van der Waals surface area contributed by atoms with E-state index in [4.69, 9.17) is 5.73 Å². The molecule has 90 valence electrons. The summed E-state index contributed by atoms with van der Waals surface area (Å²) in [4.78, 5) is 2.49. The third-order valence-electron chi connectivity index (χ3n) is 2.88. The number of thiophene rings is 1. The summed E-state index contributed by atoms with van der Waals surface area (Å²) in [7, 11) is 0. The SMILES string of the molecule is Cc1ccc(C(N)c2sc(C)cc2Br)c(C)c1. The van der Waals surface area contributed by atoms with Crippen molar-refractivity contribution in [1.29, 1.82) is 0 Å². The molecule has 1 atom stereocenters. The Labute approximate surface area is 115 Å². The largest absolute Gasteiger partial charge is 0.320 e. The smallest absolute Gasteiger partial charge is 0.0660 e. The van der Waals surface area contributed by atoms with Gasteiger partial charge in [-0.15, -0.1) is 11.3 Å². The quantitative estimate of drug-likeness (QED) is 0.869. The Hall–Kier alpha value is -0.640. The van der Waals surface area contributed by atoms with Crippen molar-refractivity contribution in [3.05, 3.63) is 55.2 Å². The number of rotatable bonds is 2. The number of hydrogen-bond donors (Lipinski definition) is 1. The van der Waals surface area contributed by atoms with E-state index in [0.29, 0.717) is 0 Å². The van der Waals surface area contributed by atoms with Crippen LogP contribution < -0.4 is 5.73 Å². The van der Waals surface area contributed by atoms with E-state index < -0.39 is 0 Å². The van der Waals surface area contributed by atoms with E-state index >= 15 is 0 Å². The van der Waals surface area contributed by atoms with Crippen molar-refractivity contribution in [3.63, 3.8) is 0 Å². The van der Waals surface area contributed by atoms with E-state index in [1.807, 2.05) is 0 Å². The van der Waals surface area contributed by atoms with Crippen LogP contribution in [-0.4, -0.2) is 0 Å². The van der Waals surface area contributed by atoms with E-state index in [-0.39, 0.29) is 6.04 Å². The van der Waals surface area contributed by atoms with Crippen molar-refractivity contribution in [3.8, 4) is 0 Å². The van der Waals surface area contributed by atoms with Gasteiger partial charge in [0.1, 0.15) is 0 Å². The first kappa shape index (κ1) is 12.8. The number of benzene rings is 1. The van der Waals surface area contributed by atoms with Gasteiger partial charge < -0.3 is 5.73 Å². The van der Waals surface area contributed by atoms with Gasteiger partial charge >= 0.3 is 0 Å². The van der Waals surface area contributed by atoms with E-state index in [0.717, 1.165) is 4.47 Å². The molecule has 0 aliphatic heterocycles. The van der Waals surface area contributed by atoms with Crippen molar-refractivity contribution in [2.24, 2.45) is 5.73 Å². The van der Waals surface area contributed by atoms with Gasteiger partial charge in [0, 0.05) is 14.2 Å². The molecule has 0 saturated carbocycles. The van der Waals surface area contributed by atoms with Crippen LogP contribution in [0.1, 0.15) is 32.5 Å². The second kappa shape index (κ2) is 4.92. The minimum absolute atomic E-state index is 0.0383. The zero-order chi connectivity index (χ0) is 12.6. The van der Waals surface area contributed by atoms with Gasteiger partial charge in [-0.1, -0.05) is 23.8 Å². The summed E-state index contributed by atoms with van der Waals surface area (Å²) in [6.07, 6.45) is 0. The first-order chi connectivity index (χ1) is 7.99. The van der Waals surface area contributed by atoms with Gasteiger partial charge in [0.15, 0.2) is 0 Å². The molecule has 0 radical (unpaired) electrons. The van der Waals surface area contributed by atoms with Crippen LogP contribution in [0.15, 0.2) is 28.7 Å². The molecule has 1 nitrogen and oxygen atoms in total. The molecule has 1 unspecified atom stereocenters. The lowest BCUT2D eigenvalue weighted by Crippen LogP contribution is -2.12. The Morgan fingerprint density at radius 3 is 2.41 bits per heavy atom. The summed E-state index contributed by atoms with van der Waals surface area (Å²) >= 11 is 5.34. The normalized spacial score (nSPS) is 12.8. The molecule has 17 heavy (non-hydrogen) atoms. The molecule has 0 aliphatic rings. The lowest BCUT2D eigenvalue weighted by molar-refractivity contribution is 0.877. The fourth-order valence-corrected chi connectivity index (χ4v) is 3.95. The predicted octanol–water partition coefficient (Wildman–Crippen LogP) is 4.48. The van der Waals surface area contributed by atoms with E-state index in [1.165, 1.54) is 26.4 Å². The van der Waals surface area contributed by atoms with Crippen molar-refractivity contribution < 1.29 is 0 Å². The highest BCUT2D eigenvalue weighted by molar-refractivity contribution is 9.10. The highest BCUT2D eigenvalue weighted by Gasteiger charge is 2.16. The van der Waals surface area contributed by atoms with Crippen LogP contribution in [0, 0.1) is 20.8 Å². The van der Waals surface area contributed by atoms with E-state index in [2.05, 4.69) is 61.0 Å². The van der Waals surface area contributed by atoms with Crippen molar-refractivity contribution in [1.82, 2.24) is 0 Å². The molecule has 0 saturated heterocycles. The molecule has 2 aromatic rings. The number of hydrogen-bond acceptors (Lipinski definition) is 2. The molecule has 3 heteroatoms. The van der Waals surface area contributed by atoms with Crippen LogP contribution in [0.25, 0.3) is 0 Å². The van der Waals surface area contributed by atoms with Gasteiger partial charge in [-0.05, 0) is 53.9 Å². The molecular weight excluding hydrogens is 294 g/mol. The second-order valence-corrected chi connectivity index (χ2v) is 6.55. The standard InChI is InChI=1S/C14H16BrNS/c1-8-4-5-11(9(2)6-8)13(16)14-12(15)7-10(3)17-14/h4-7,13H,16H2,1-3H3. The monoisotopic (exact) mass is 309 g/mol. The molecule has 0 spiro atoms. The lowest BCUT2D eigenvalue weighted by Gasteiger charge is -2.14. The molecule has 0 fully saturated rings. The zero-order valence-corrected chi connectivity index (χ0v) is 12.7. The maximum absolute atomic E-state index is 6.36. The number of aryl methyl sites for hydroxylation is 3. The predicted molar refractivity (Wildman–Crippen MR) is 78.7 cm³/mol. The Morgan fingerprint density at radius 1 is 1.18 bits per heavy atom. The minimum Gasteiger partial charge on any atom is -0.320 e. The van der Waals surface area contributed by atoms with E-state index in [1.54, 1.807) is 11.3 Å². The van der Waals surface area contributed by atoms with Crippen LogP contribution >= 0.6 is 27.3 Å². The van der Waals surface area contributed by atoms with E-state index in [9.17, 15) is 0 Å². The Kier molecular flexibility index (Phi) is 3.71. The summed E-state index contributed by atoms with van der Waals surface area (Å²) < 4.78 is 1.12. The Bertz CT molecular complexity index is 545. The molecule has 1 aromatic carbocycles. The Morgan fingerprint density at radius 2 is 1.88 bits per heavy atom. The second-order valence-electron chi connectivity index (χ2n) is 4.41. The fraction of sp³-hybridized carbons (Fsp3) is 0.286. The van der Waals surface area contributed by atoms with Crippen LogP contribution in [-0.2, 0) is 0 Å².